The number of nitriles is 1. The highest BCUT2D eigenvalue weighted by atomic mass is 35.5. The first-order chi connectivity index (χ1) is 22.6. The van der Waals surface area contributed by atoms with Crippen LogP contribution in [0.2, 0.25) is 5.02 Å². The minimum atomic E-state index is -2.89. The largest absolute Gasteiger partial charge is 0.482 e. The molecule has 8 rings (SSSR count). The molecule has 0 bridgehead atoms. The lowest BCUT2D eigenvalue weighted by Crippen LogP contribution is -2.43. The van der Waals surface area contributed by atoms with Crippen LogP contribution in [0.5, 0.6) is 11.8 Å². The van der Waals surface area contributed by atoms with Crippen LogP contribution in [0.15, 0.2) is 12.1 Å². The van der Waals surface area contributed by atoms with Crippen LogP contribution in [-0.4, -0.2) is 71.4 Å². The lowest BCUT2D eigenvalue weighted by Gasteiger charge is -2.34. The molecule has 0 saturated carbocycles. The van der Waals surface area contributed by atoms with Crippen molar-refractivity contribution in [3.05, 3.63) is 34.4 Å². The van der Waals surface area contributed by atoms with Gasteiger partial charge in [-0.25, -0.2) is 22.0 Å². The first-order valence-electron chi connectivity index (χ1n) is 15.5. The van der Waals surface area contributed by atoms with Crippen LogP contribution in [-0.2, 0) is 0 Å². The SMILES string of the molecule is N#Cc1c(N)sc2c(F)ccc(-c3c(Cl)c4c5c(nc(OC[C@@]67CCCN6C[C@H](F)C7)nc5c3F)N3CCC[C@@H]3CC(C(F)F)O4)c12. The van der Waals surface area contributed by atoms with E-state index >= 15 is 4.39 Å². The fraction of sp³-hybridized carbons (Fsp3) is 0.469. The molecule has 15 heteroatoms. The number of nitrogen functional groups attached to an aromatic ring is 1. The number of anilines is 2. The normalized spacial score (nSPS) is 25.6. The number of nitrogens with two attached hydrogens (primary N) is 1. The summed E-state index contributed by atoms with van der Waals surface area (Å²) in [5.74, 6) is -1.64. The molecule has 2 N–H and O–H groups in total. The summed E-state index contributed by atoms with van der Waals surface area (Å²) < 4.78 is 87.6. The summed E-state index contributed by atoms with van der Waals surface area (Å²) >= 11 is 7.74. The molecule has 2 aromatic heterocycles. The molecule has 0 radical (unpaired) electrons. The quantitative estimate of drug-likeness (QED) is 0.219. The maximum atomic E-state index is 17.1. The van der Waals surface area contributed by atoms with Gasteiger partial charge in [0.1, 0.15) is 41.0 Å². The van der Waals surface area contributed by atoms with Crippen LogP contribution < -0.4 is 20.1 Å². The van der Waals surface area contributed by atoms with E-state index in [-0.39, 0.29) is 84.4 Å². The van der Waals surface area contributed by atoms with Crippen LogP contribution in [0.4, 0.5) is 32.8 Å². The molecule has 0 amide bonds. The third-order valence-electron chi connectivity index (χ3n) is 10.1. The molecule has 2 aromatic carbocycles. The number of hydrogen-bond donors (Lipinski definition) is 1. The van der Waals surface area contributed by atoms with Crippen molar-refractivity contribution in [1.29, 1.82) is 5.26 Å². The van der Waals surface area contributed by atoms with Crippen molar-refractivity contribution in [3.8, 4) is 29.0 Å². The fourth-order valence-corrected chi connectivity index (χ4v) is 9.27. The Bertz CT molecular complexity index is 1990. The number of thiophene rings is 1. The molecule has 3 saturated heterocycles. The molecular formula is C32H28ClF5N6O2S. The van der Waals surface area contributed by atoms with Crippen LogP contribution in [0, 0.1) is 23.0 Å². The van der Waals surface area contributed by atoms with Gasteiger partial charge in [0.25, 0.3) is 6.43 Å². The highest BCUT2D eigenvalue weighted by molar-refractivity contribution is 7.23. The first-order valence-corrected chi connectivity index (χ1v) is 16.7. The smallest absolute Gasteiger partial charge is 0.319 e. The minimum absolute atomic E-state index is 0.00916. The van der Waals surface area contributed by atoms with Gasteiger partial charge in [0.2, 0.25) is 0 Å². The van der Waals surface area contributed by atoms with Gasteiger partial charge in [-0.2, -0.15) is 15.2 Å². The van der Waals surface area contributed by atoms with Crippen LogP contribution >= 0.6 is 22.9 Å². The van der Waals surface area contributed by atoms with E-state index in [9.17, 15) is 22.8 Å². The molecule has 4 aromatic rings. The number of nitrogens with zero attached hydrogens (tertiary/aromatic N) is 5. The monoisotopic (exact) mass is 690 g/mol. The lowest BCUT2D eigenvalue weighted by atomic mass is 9.95. The second kappa shape index (κ2) is 11.2. The highest BCUT2D eigenvalue weighted by Crippen LogP contribution is 2.52. The Morgan fingerprint density at radius 1 is 1.21 bits per heavy atom. The zero-order valence-electron chi connectivity index (χ0n) is 24.8. The second-order valence-electron chi connectivity index (χ2n) is 12.7. The van der Waals surface area contributed by atoms with Crippen molar-refractivity contribution in [2.45, 2.75) is 68.8 Å². The molecular weight excluding hydrogens is 663 g/mol. The summed E-state index contributed by atoms with van der Waals surface area (Å²) in [5.41, 5.74) is 4.85. The van der Waals surface area contributed by atoms with E-state index in [1.165, 1.54) is 6.07 Å². The summed E-state index contributed by atoms with van der Waals surface area (Å²) in [6, 6.07) is 3.79. The number of hydrogen-bond acceptors (Lipinski definition) is 9. The van der Waals surface area contributed by atoms with Gasteiger partial charge in [-0.05, 0) is 43.9 Å². The molecule has 1 unspecified atom stereocenters. The van der Waals surface area contributed by atoms with Crippen molar-refractivity contribution in [1.82, 2.24) is 14.9 Å². The number of fused-ring (bicyclic) bond motifs is 4. The second-order valence-corrected chi connectivity index (χ2v) is 14.1. The van der Waals surface area contributed by atoms with Gasteiger partial charge in [-0.3, -0.25) is 4.90 Å². The Labute approximate surface area is 274 Å². The average Bonchev–Trinajstić information content (AvgIpc) is 3.79. The van der Waals surface area contributed by atoms with Crippen LogP contribution in [0.25, 0.3) is 32.1 Å². The van der Waals surface area contributed by atoms with E-state index in [0.29, 0.717) is 32.4 Å². The summed E-state index contributed by atoms with van der Waals surface area (Å²) in [5, 5.41) is 9.61. The zero-order valence-corrected chi connectivity index (χ0v) is 26.4. The minimum Gasteiger partial charge on any atom is -0.482 e. The predicted octanol–water partition coefficient (Wildman–Crippen LogP) is 7.24. The number of ether oxygens (including phenoxy) is 2. The maximum absolute atomic E-state index is 17.1. The van der Waals surface area contributed by atoms with E-state index in [4.69, 9.17) is 31.8 Å². The van der Waals surface area contributed by atoms with E-state index < -0.39 is 35.9 Å². The number of aromatic nitrogens is 2. The Balaban J connectivity index is 1.38. The highest BCUT2D eigenvalue weighted by Gasteiger charge is 2.49. The van der Waals surface area contributed by atoms with Crippen LogP contribution in [0.3, 0.4) is 0 Å². The topological polar surface area (TPSA) is 101 Å². The summed E-state index contributed by atoms with van der Waals surface area (Å²) in [6.45, 7) is 1.61. The third kappa shape index (κ3) is 4.68. The van der Waals surface area contributed by atoms with Gasteiger partial charge in [-0.1, -0.05) is 17.7 Å². The summed E-state index contributed by atoms with van der Waals surface area (Å²) in [6.07, 6.45) is -2.29. The standard InChI is InChI=1S/C32H28ClF5N6O2S/c33-23-21(16-4-5-18(35)27-20(16)17(11-39)29(40)47-27)24(36)25-22-26(23)46-19(28(37)38)9-15-3-1-8-44(15)30(22)42-31(41-25)45-13-32-6-2-7-43(32)12-14(34)10-32/h4-5,14-15,19,28H,1-3,6-10,12-13,40H2/t14-,15-,19?,32+/m1/s1. The number of benzene rings is 2. The molecule has 3 fully saturated rings. The lowest BCUT2D eigenvalue weighted by molar-refractivity contribution is 0.00411. The predicted molar refractivity (Wildman–Crippen MR) is 168 cm³/mol. The molecule has 246 valence electrons. The Morgan fingerprint density at radius 3 is 2.83 bits per heavy atom. The molecule has 4 aliphatic rings. The Hall–Kier alpha value is -3.67. The van der Waals surface area contributed by atoms with Crippen LogP contribution in [0.1, 0.15) is 44.1 Å². The van der Waals surface area contributed by atoms with Gasteiger partial charge in [0.05, 0.1) is 26.2 Å². The van der Waals surface area contributed by atoms with Gasteiger partial charge in [-0.15, -0.1) is 11.3 Å². The molecule has 6 heterocycles. The maximum Gasteiger partial charge on any atom is 0.319 e. The molecule has 8 nitrogen and oxygen atoms in total. The molecule has 4 aliphatic heterocycles. The fourth-order valence-electron chi connectivity index (χ4n) is 7.99. The molecule has 47 heavy (non-hydrogen) atoms. The van der Waals surface area contributed by atoms with Gasteiger partial charge in [0, 0.05) is 42.9 Å². The van der Waals surface area contributed by atoms with Crippen molar-refractivity contribution < 1.29 is 31.4 Å². The molecule has 0 aliphatic carbocycles. The summed E-state index contributed by atoms with van der Waals surface area (Å²) in [7, 11) is 0. The first kappa shape index (κ1) is 30.7. The van der Waals surface area contributed by atoms with E-state index in [2.05, 4.69) is 9.88 Å². The van der Waals surface area contributed by atoms with Gasteiger partial charge < -0.3 is 20.1 Å². The number of halogens is 6. The van der Waals surface area contributed by atoms with E-state index in [1.54, 1.807) is 0 Å². The summed E-state index contributed by atoms with van der Waals surface area (Å²) in [4.78, 5) is 13.1. The average molecular weight is 691 g/mol. The number of alkyl halides is 3. The zero-order chi connectivity index (χ0) is 32.8. The number of rotatable bonds is 5. The third-order valence-corrected chi connectivity index (χ3v) is 11.5. The Kier molecular flexibility index (Phi) is 7.31. The van der Waals surface area contributed by atoms with Gasteiger partial charge >= 0.3 is 6.01 Å². The van der Waals surface area contributed by atoms with Crippen molar-refractivity contribution >= 4 is 54.7 Å². The van der Waals surface area contributed by atoms with Crippen molar-refractivity contribution in [3.63, 3.8) is 0 Å². The van der Waals surface area contributed by atoms with E-state index in [1.807, 2.05) is 11.0 Å². The Morgan fingerprint density at radius 2 is 2.04 bits per heavy atom. The molecule has 4 atom stereocenters. The van der Waals surface area contributed by atoms with E-state index in [0.717, 1.165) is 36.8 Å². The van der Waals surface area contributed by atoms with Crippen molar-refractivity contribution in [2.75, 3.05) is 36.9 Å². The van der Waals surface area contributed by atoms with Crippen molar-refractivity contribution in [2.24, 2.45) is 0 Å². The molecule has 0 spiro atoms. The van der Waals surface area contributed by atoms with Gasteiger partial charge in [0.15, 0.2) is 17.7 Å².